The van der Waals surface area contributed by atoms with Gasteiger partial charge in [-0.05, 0) is 12.8 Å². The minimum absolute atomic E-state index is 0.0463. The maximum Gasteiger partial charge on any atom is 0.451 e. The monoisotopic (exact) mass is 160 g/mol. The van der Waals surface area contributed by atoms with Crippen LogP contribution in [0.3, 0.4) is 0 Å². The topological polar surface area (TPSA) is 37.1 Å². The lowest BCUT2D eigenvalue weighted by Gasteiger charge is -1.93. The molecule has 0 aliphatic heterocycles. The Balaban J connectivity index is 2.48. The molecule has 10 heavy (non-hydrogen) atoms. The predicted molar refractivity (Wildman–Crippen MR) is 39.6 cm³/mol. The van der Waals surface area contributed by atoms with Crippen LogP contribution in [-0.2, 0) is 4.79 Å². The lowest BCUT2D eigenvalue weighted by molar-refractivity contribution is -0.312. The van der Waals surface area contributed by atoms with Crippen LogP contribution in [-0.4, -0.2) is 10.1 Å². The number of hydrogen-bond acceptors (Lipinski definition) is 2. The van der Waals surface area contributed by atoms with Gasteiger partial charge in [0.05, 0.1) is 5.92 Å². The molecule has 1 aliphatic carbocycles. The normalized spacial score (nSPS) is 19.3. The first kappa shape index (κ1) is 7.72. The zero-order valence-electron chi connectivity index (χ0n) is 5.62. The zero-order chi connectivity index (χ0) is 7.56. The fourth-order valence-electron chi connectivity index (χ4n) is 1.33. The highest BCUT2D eigenvalue weighted by Crippen LogP contribution is 2.25. The van der Waals surface area contributed by atoms with Crippen LogP contribution < -0.4 is 0 Å². The molecule has 56 valence electrons. The quantitative estimate of drug-likeness (QED) is 0.464. The molecule has 1 rings (SSSR count). The maximum absolute atomic E-state index is 10.9. The van der Waals surface area contributed by atoms with E-state index in [9.17, 15) is 9.70 Å². The van der Waals surface area contributed by atoms with E-state index < -0.39 is 0 Å². The van der Waals surface area contributed by atoms with Crippen molar-refractivity contribution >= 4 is 18.7 Å². The Morgan fingerprint density at radius 2 is 1.90 bits per heavy atom. The van der Waals surface area contributed by atoms with E-state index >= 15 is 0 Å². The van der Waals surface area contributed by atoms with Crippen LogP contribution in [0.4, 0.5) is 0 Å². The van der Waals surface area contributed by atoms with Gasteiger partial charge in [-0.25, -0.2) is 4.79 Å². The number of carbonyl (C=O) groups is 1. The van der Waals surface area contributed by atoms with Crippen molar-refractivity contribution in [2.24, 2.45) is 5.92 Å². The van der Waals surface area contributed by atoms with Gasteiger partial charge >= 0.3 is 5.91 Å². The van der Waals surface area contributed by atoms with E-state index in [-0.39, 0.29) is 16.0 Å². The number of rotatable bonds is 1. The van der Waals surface area contributed by atoms with Gasteiger partial charge in [0, 0.05) is 4.91 Å². The van der Waals surface area contributed by atoms with Crippen LogP contribution in [0, 0.1) is 10.8 Å². The summed E-state index contributed by atoms with van der Waals surface area (Å²) in [5.41, 5.74) is 0. The number of nitroso groups, excluding NO2 is 1. The molecule has 1 aliphatic rings. The molecule has 0 radical (unpaired) electrons. The van der Waals surface area contributed by atoms with Gasteiger partial charge in [-0.2, -0.15) is 0 Å². The summed E-state index contributed by atoms with van der Waals surface area (Å²) in [5.74, 6) is -0.421. The van der Waals surface area contributed by atoms with Crippen molar-refractivity contribution in [2.75, 3.05) is 0 Å². The highest BCUT2D eigenvalue weighted by Gasteiger charge is 2.33. The number of nitrogens with zero attached hydrogens (tertiary/aromatic N) is 1. The number of thiol groups is 1. The molecule has 0 aromatic rings. The van der Waals surface area contributed by atoms with Crippen molar-refractivity contribution in [1.82, 2.24) is 0 Å². The second kappa shape index (κ2) is 3.14. The van der Waals surface area contributed by atoms with Gasteiger partial charge < -0.3 is 0 Å². The van der Waals surface area contributed by atoms with Crippen LogP contribution >= 0.6 is 12.8 Å². The highest BCUT2D eigenvalue weighted by atomic mass is 32.1. The number of hydrogen-bond donors (Lipinski definition) is 1. The van der Waals surface area contributed by atoms with Crippen LogP contribution in [0.15, 0.2) is 0 Å². The molecule has 0 heterocycles. The standard InChI is InChI=1S/C6H10NO2S/c8-6(7(9)10)5-3-1-2-4-5/h5H,1-4H2,(H,9,10)/q+1. The van der Waals surface area contributed by atoms with Gasteiger partial charge in [-0.15, -0.1) is 0 Å². The third-order valence-electron chi connectivity index (χ3n) is 1.89. The fraction of sp³-hybridized carbons (Fsp3) is 0.833. The molecule has 4 heteroatoms. The van der Waals surface area contributed by atoms with Crippen molar-refractivity contribution in [3.05, 3.63) is 4.91 Å². The van der Waals surface area contributed by atoms with E-state index in [1.165, 1.54) is 0 Å². The Bertz CT molecular complexity index is 163. The molecule has 0 N–H and O–H groups in total. The summed E-state index contributed by atoms with van der Waals surface area (Å²) in [6, 6.07) is 0. The molecule has 1 amide bonds. The van der Waals surface area contributed by atoms with Crippen molar-refractivity contribution in [3.63, 3.8) is 0 Å². The van der Waals surface area contributed by atoms with E-state index in [4.69, 9.17) is 0 Å². The molecule has 3 nitrogen and oxygen atoms in total. The van der Waals surface area contributed by atoms with Gasteiger partial charge in [0.25, 0.3) is 0 Å². The summed E-state index contributed by atoms with van der Waals surface area (Å²) in [6.45, 7) is 0. The van der Waals surface area contributed by atoms with Gasteiger partial charge in [-0.3, -0.25) is 0 Å². The number of amides is 1. The summed E-state index contributed by atoms with van der Waals surface area (Å²) < 4.78 is 0.149. The summed E-state index contributed by atoms with van der Waals surface area (Å²) in [7, 11) is 0. The molecule has 0 aromatic carbocycles. The van der Waals surface area contributed by atoms with E-state index in [0.717, 1.165) is 25.7 Å². The van der Waals surface area contributed by atoms with Crippen molar-refractivity contribution < 1.29 is 8.96 Å². The Kier molecular flexibility index (Phi) is 2.43. The van der Waals surface area contributed by atoms with Crippen molar-refractivity contribution in [1.29, 1.82) is 0 Å². The van der Waals surface area contributed by atoms with Crippen LogP contribution in [0.5, 0.6) is 0 Å². The first-order chi connectivity index (χ1) is 4.72. The smallest absolute Gasteiger partial charge is 0.213 e. The summed E-state index contributed by atoms with van der Waals surface area (Å²) in [5, 5.41) is 0. The Morgan fingerprint density at radius 3 is 2.30 bits per heavy atom. The molecule has 0 unspecified atom stereocenters. The highest BCUT2D eigenvalue weighted by molar-refractivity contribution is 7.74. The molecule has 0 spiro atoms. The first-order valence-corrected chi connectivity index (χ1v) is 3.82. The van der Waals surface area contributed by atoms with E-state index in [0.29, 0.717) is 0 Å². The summed E-state index contributed by atoms with van der Waals surface area (Å²) in [4.78, 5) is 21.2. The van der Waals surface area contributed by atoms with Crippen LogP contribution in [0.1, 0.15) is 25.7 Å². The SMILES string of the molecule is O=C(C1CCCC1)[N+](=O)S. The third-order valence-corrected chi connectivity index (χ3v) is 2.09. The molecule has 0 saturated heterocycles. The van der Waals surface area contributed by atoms with E-state index in [1.54, 1.807) is 0 Å². The second-order valence-corrected chi connectivity index (χ2v) is 2.96. The molecular formula is C6H10NO2S+. The van der Waals surface area contributed by atoms with Crippen molar-refractivity contribution in [2.45, 2.75) is 25.7 Å². The molecule has 0 aromatic heterocycles. The van der Waals surface area contributed by atoms with E-state index in [1.807, 2.05) is 0 Å². The average Bonchev–Trinajstić information content (AvgIpc) is 2.36. The maximum atomic E-state index is 10.9. The number of carbonyl (C=O) groups excluding carboxylic acids is 1. The third kappa shape index (κ3) is 1.56. The van der Waals surface area contributed by atoms with Crippen molar-refractivity contribution in [3.8, 4) is 0 Å². The zero-order valence-corrected chi connectivity index (χ0v) is 6.51. The lowest BCUT2D eigenvalue weighted by atomic mass is 10.1. The largest absolute Gasteiger partial charge is 0.451 e. The molecule has 1 saturated carbocycles. The Labute approximate surface area is 64.9 Å². The Hall–Kier alpha value is -0.380. The van der Waals surface area contributed by atoms with Gasteiger partial charge in [0.15, 0.2) is 0 Å². The van der Waals surface area contributed by atoms with Crippen LogP contribution in [0.25, 0.3) is 0 Å². The fourth-order valence-corrected chi connectivity index (χ4v) is 1.49. The van der Waals surface area contributed by atoms with Crippen LogP contribution in [0.2, 0.25) is 0 Å². The molecule has 0 atom stereocenters. The molecule has 1 fully saturated rings. The van der Waals surface area contributed by atoms with Gasteiger partial charge in [0.1, 0.15) is 4.17 Å². The minimum atomic E-state index is -0.374. The Morgan fingerprint density at radius 1 is 1.40 bits per heavy atom. The second-order valence-electron chi connectivity index (χ2n) is 2.59. The van der Waals surface area contributed by atoms with Gasteiger partial charge in [-0.1, -0.05) is 12.8 Å². The summed E-state index contributed by atoms with van der Waals surface area (Å²) >= 11 is 3.40. The first-order valence-electron chi connectivity index (χ1n) is 3.42. The average molecular weight is 160 g/mol. The lowest BCUT2D eigenvalue weighted by Crippen LogP contribution is -2.17. The molecule has 0 bridgehead atoms. The predicted octanol–water partition coefficient (Wildman–Crippen LogP) is 1.33. The summed E-state index contributed by atoms with van der Waals surface area (Å²) in [6.07, 6.45) is 3.85. The van der Waals surface area contributed by atoms with E-state index in [2.05, 4.69) is 12.8 Å². The minimum Gasteiger partial charge on any atom is -0.213 e. The van der Waals surface area contributed by atoms with Gasteiger partial charge in [0.2, 0.25) is 12.8 Å². The molecular weight excluding hydrogens is 150 g/mol.